The van der Waals surface area contributed by atoms with Crippen molar-refractivity contribution < 1.29 is 4.92 Å². The van der Waals surface area contributed by atoms with Gasteiger partial charge in [0, 0.05) is 15.9 Å². The van der Waals surface area contributed by atoms with Crippen LogP contribution >= 0.6 is 11.6 Å². The molecule has 0 aliphatic heterocycles. The van der Waals surface area contributed by atoms with Gasteiger partial charge < -0.3 is 0 Å². The van der Waals surface area contributed by atoms with Gasteiger partial charge in [0.25, 0.3) is 0 Å². The van der Waals surface area contributed by atoms with Crippen LogP contribution in [0, 0.1) is 22.0 Å². The highest BCUT2D eigenvalue weighted by Crippen LogP contribution is 2.51. The molecule has 1 saturated carbocycles. The second kappa shape index (κ2) is 3.84. The summed E-state index contributed by atoms with van der Waals surface area (Å²) in [4.78, 5) is 11.1. The first-order chi connectivity index (χ1) is 8.18. The van der Waals surface area contributed by atoms with E-state index in [4.69, 9.17) is 11.6 Å². The lowest BCUT2D eigenvalue weighted by molar-refractivity contribution is -0.530. The van der Waals surface area contributed by atoms with Gasteiger partial charge in [-0.15, -0.1) is 0 Å². The summed E-state index contributed by atoms with van der Waals surface area (Å²) in [5.74, 6) is 0.292. The van der Waals surface area contributed by atoms with E-state index in [1.807, 2.05) is 30.3 Å². The van der Waals surface area contributed by atoms with Crippen LogP contribution in [0.4, 0.5) is 0 Å². The minimum atomic E-state index is -0.509. The second-order valence-corrected chi connectivity index (χ2v) is 5.18. The Labute approximate surface area is 104 Å². The van der Waals surface area contributed by atoms with E-state index in [0.717, 1.165) is 12.0 Å². The highest BCUT2D eigenvalue weighted by molar-refractivity contribution is 6.31. The number of hydrogen-bond donors (Lipinski definition) is 0. The van der Waals surface area contributed by atoms with E-state index in [1.165, 1.54) is 0 Å². The smallest absolute Gasteiger partial charge is 0.226 e. The van der Waals surface area contributed by atoms with Crippen molar-refractivity contribution in [2.75, 3.05) is 0 Å². The van der Waals surface area contributed by atoms with Gasteiger partial charge in [-0.25, -0.2) is 0 Å². The Morgan fingerprint density at radius 3 is 2.65 bits per heavy atom. The van der Waals surface area contributed by atoms with Crippen LogP contribution < -0.4 is 0 Å². The summed E-state index contributed by atoms with van der Waals surface area (Å²) in [6.45, 7) is 0. The van der Waals surface area contributed by atoms with Crippen LogP contribution in [0.25, 0.3) is 0 Å². The van der Waals surface area contributed by atoms with E-state index in [0.29, 0.717) is 5.02 Å². The second-order valence-electron chi connectivity index (χ2n) is 4.77. The Kier molecular flexibility index (Phi) is 2.44. The van der Waals surface area contributed by atoms with E-state index < -0.39 is 6.04 Å². The van der Waals surface area contributed by atoms with Gasteiger partial charge in [-0.2, -0.15) is 0 Å². The third-order valence-corrected chi connectivity index (χ3v) is 4.27. The molecule has 4 heteroatoms. The predicted octanol–water partition coefficient (Wildman–Crippen LogP) is 3.27. The molecule has 3 rings (SSSR count). The first-order valence-electron chi connectivity index (χ1n) is 5.74. The molecule has 4 atom stereocenters. The first kappa shape index (κ1) is 10.8. The van der Waals surface area contributed by atoms with Crippen LogP contribution in [0.3, 0.4) is 0 Å². The van der Waals surface area contributed by atoms with Crippen molar-refractivity contribution in [2.45, 2.75) is 18.4 Å². The van der Waals surface area contributed by atoms with Gasteiger partial charge in [-0.3, -0.25) is 10.1 Å². The number of halogens is 1. The molecule has 0 N–H and O–H groups in total. The quantitative estimate of drug-likeness (QED) is 0.459. The summed E-state index contributed by atoms with van der Waals surface area (Å²) >= 11 is 6.16. The van der Waals surface area contributed by atoms with Gasteiger partial charge in [-0.1, -0.05) is 42.0 Å². The molecule has 0 spiro atoms. The molecule has 88 valence electrons. The fourth-order valence-corrected chi connectivity index (χ4v) is 3.51. The van der Waals surface area contributed by atoms with E-state index >= 15 is 0 Å². The van der Waals surface area contributed by atoms with Gasteiger partial charge >= 0.3 is 0 Å². The Balaban J connectivity index is 2.05. The summed E-state index contributed by atoms with van der Waals surface area (Å²) in [5, 5.41) is 11.9. The molecule has 2 aliphatic carbocycles. The van der Waals surface area contributed by atoms with E-state index in [1.54, 1.807) is 0 Å². The zero-order chi connectivity index (χ0) is 12.0. The highest BCUT2D eigenvalue weighted by atomic mass is 35.5. The first-order valence-corrected chi connectivity index (χ1v) is 6.12. The molecule has 1 fully saturated rings. The Morgan fingerprint density at radius 1 is 1.24 bits per heavy atom. The molecule has 0 unspecified atom stereocenters. The Morgan fingerprint density at radius 2 is 1.94 bits per heavy atom. The molecule has 1 aromatic carbocycles. The lowest BCUT2D eigenvalue weighted by Crippen LogP contribution is -2.31. The number of fused-ring (bicyclic) bond motifs is 2. The van der Waals surface area contributed by atoms with Crippen LogP contribution in [0.2, 0.25) is 5.02 Å². The average molecular weight is 250 g/mol. The van der Waals surface area contributed by atoms with Crippen LogP contribution in [0.5, 0.6) is 0 Å². The predicted molar refractivity (Wildman–Crippen MR) is 65.7 cm³/mol. The molecule has 3 nitrogen and oxygen atoms in total. The van der Waals surface area contributed by atoms with Crippen molar-refractivity contribution in [3.05, 3.63) is 57.1 Å². The van der Waals surface area contributed by atoms with Crippen molar-refractivity contribution in [3.63, 3.8) is 0 Å². The maximum absolute atomic E-state index is 11.2. The zero-order valence-electron chi connectivity index (χ0n) is 9.12. The van der Waals surface area contributed by atoms with Gasteiger partial charge in [0.2, 0.25) is 6.04 Å². The van der Waals surface area contributed by atoms with Gasteiger partial charge in [0.05, 0.1) is 5.92 Å². The number of benzene rings is 1. The number of nitro groups is 1. The average Bonchev–Trinajstić information content (AvgIpc) is 2.89. The molecule has 1 aromatic rings. The third-order valence-electron chi connectivity index (χ3n) is 3.93. The summed E-state index contributed by atoms with van der Waals surface area (Å²) in [6.07, 6.45) is 4.99. The fourth-order valence-electron chi connectivity index (χ4n) is 3.24. The molecule has 0 saturated heterocycles. The lowest BCUT2D eigenvalue weighted by atomic mass is 9.83. The van der Waals surface area contributed by atoms with Crippen molar-refractivity contribution in [2.24, 2.45) is 11.8 Å². The minimum absolute atomic E-state index is 0.0614. The minimum Gasteiger partial charge on any atom is -0.264 e. The standard InChI is InChI=1S/C13H12ClNO2/c14-11-4-2-1-3-10(11)12-8-5-6-9(7-8)13(12)15(16)17/h1-6,8-9,12-13H,7H2/t8-,9-,12-,13-/m0/s1. The number of nitrogens with zero attached hydrogens (tertiary/aromatic N) is 1. The summed E-state index contributed by atoms with van der Waals surface area (Å²) in [6, 6.07) is 6.97. The largest absolute Gasteiger partial charge is 0.264 e. The molecule has 0 aromatic heterocycles. The van der Waals surface area contributed by atoms with Gasteiger partial charge in [-0.05, 0) is 24.0 Å². The molecule has 0 heterocycles. The molecule has 0 radical (unpaired) electrons. The van der Waals surface area contributed by atoms with Crippen LogP contribution in [-0.2, 0) is 0 Å². The maximum atomic E-state index is 11.2. The third kappa shape index (κ3) is 1.57. The SMILES string of the molecule is O=[N+]([O-])[C@@H]1[C@H](c2ccccc2Cl)[C@H]2C=C[C@H]1C2. The summed E-state index contributed by atoms with van der Waals surface area (Å²) in [5.41, 5.74) is 0.924. The Bertz CT molecular complexity index is 500. The topological polar surface area (TPSA) is 43.1 Å². The number of hydrogen-bond acceptors (Lipinski definition) is 2. The van der Waals surface area contributed by atoms with Crippen LogP contribution in [0.15, 0.2) is 36.4 Å². The number of allylic oxidation sites excluding steroid dienone is 1. The monoisotopic (exact) mass is 249 g/mol. The van der Waals surface area contributed by atoms with Crippen LogP contribution in [-0.4, -0.2) is 11.0 Å². The van der Waals surface area contributed by atoms with Crippen LogP contribution in [0.1, 0.15) is 17.9 Å². The van der Waals surface area contributed by atoms with Crippen molar-refractivity contribution in [1.29, 1.82) is 0 Å². The van der Waals surface area contributed by atoms with Gasteiger partial charge in [0.1, 0.15) is 0 Å². The molecular weight excluding hydrogens is 238 g/mol. The molecule has 0 amide bonds. The normalized spacial score (nSPS) is 34.2. The van der Waals surface area contributed by atoms with E-state index in [9.17, 15) is 10.1 Å². The zero-order valence-corrected chi connectivity index (χ0v) is 9.88. The van der Waals surface area contributed by atoms with Crippen molar-refractivity contribution in [1.82, 2.24) is 0 Å². The van der Waals surface area contributed by atoms with E-state index in [-0.39, 0.29) is 22.7 Å². The van der Waals surface area contributed by atoms with Crippen molar-refractivity contribution >= 4 is 11.6 Å². The van der Waals surface area contributed by atoms with Gasteiger partial charge in [0.15, 0.2) is 0 Å². The highest BCUT2D eigenvalue weighted by Gasteiger charge is 2.52. The Hall–Kier alpha value is -1.35. The fraction of sp³-hybridized carbons (Fsp3) is 0.385. The number of rotatable bonds is 2. The molecule has 2 bridgehead atoms. The molecular formula is C13H12ClNO2. The molecule has 17 heavy (non-hydrogen) atoms. The summed E-state index contributed by atoms with van der Waals surface area (Å²) < 4.78 is 0. The van der Waals surface area contributed by atoms with E-state index in [2.05, 4.69) is 6.08 Å². The van der Waals surface area contributed by atoms with Crippen molar-refractivity contribution in [3.8, 4) is 0 Å². The summed E-state index contributed by atoms with van der Waals surface area (Å²) in [7, 11) is 0. The lowest BCUT2D eigenvalue weighted by Gasteiger charge is -2.22. The maximum Gasteiger partial charge on any atom is 0.226 e. The molecule has 2 aliphatic rings.